The smallest absolute Gasteiger partial charge is 0.0739 e. The van der Waals surface area contributed by atoms with Crippen LogP contribution in [-0.4, -0.2) is 5.16 Å². The number of rotatable bonds is 5. The van der Waals surface area contributed by atoms with Crippen molar-refractivity contribution in [3.63, 3.8) is 0 Å². The predicted octanol–water partition coefficient (Wildman–Crippen LogP) is 4.27. The highest BCUT2D eigenvalue weighted by Crippen LogP contribution is 2.18. The van der Waals surface area contributed by atoms with Gasteiger partial charge in [0.2, 0.25) is 0 Å². The first-order valence-electron chi connectivity index (χ1n) is 6.25. The van der Waals surface area contributed by atoms with Gasteiger partial charge in [0.25, 0.3) is 0 Å². The zero-order valence-corrected chi connectivity index (χ0v) is 11.7. The van der Waals surface area contributed by atoms with Crippen LogP contribution in [0.5, 0.6) is 0 Å². The fourth-order valence-electron chi connectivity index (χ4n) is 1.87. The van der Waals surface area contributed by atoms with Crippen LogP contribution < -0.4 is 5.32 Å². The number of aliphatic imine (C=N–C) groups is 1. The minimum Gasteiger partial charge on any atom is -0.306 e. The van der Waals surface area contributed by atoms with Gasteiger partial charge in [-0.25, -0.2) is 0 Å². The lowest BCUT2D eigenvalue weighted by molar-refractivity contribution is 0.575. The largest absolute Gasteiger partial charge is 0.306 e. The van der Waals surface area contributed by atoms with E-state index in [0.29, 0.717) is 6.04 Å². The average Bonchev–Trinajstić information content (AvgIpc) is 2.47. The van der Waals surface area contributed by atoms with Crippen LogP contribution in [0.15, 0.2) is 59.6 Å². The fourth-order valence-corrected chi connectivity index (χ4v) is 1.98. The molecule has 2 aromatic rings. The minimum atomic E-state index is 0.297. The third-order valence-corrected chi connectivity index (χ3v) is 3.11. The first-order chi connectivity index (χ1) is 9.29. The van der Waals surface area contributed by atoms with Crippen LogP contribution in [0.3, 0.4) is 0 Å². The standard InChI is InChI=1S/C16H16N2S/c1-13(17-11-14-5-3-2-4-6-14)15-7-9-16(10-8-15)18-12-19/h2-10,13,17H,11H2,1H3. The third-order valence-electron chi connectivity index (χ3n) is 3.02. The van der Waals surface area contributed by atoms with E-state index in [0.717, 1.165) is 12.2 Å². The molecule has 2 aromatic carbocycles. The summed E-state index contributed by atoms with van der Waals surface area (Å²) < 4.78 is 0. The minimum absolute atomic E-state index is 0.297. The normalized spacial score (nSPS) is 11.6. The van der Waals surface area contributed by atoms with Crippen molar-refractivity contribution in [1.82, 2.24) is 5.32 Å². The molecule has 96 valence electrons. The number of hydrogen-bond acceptors (Lipinski definition) is 3. The number of benzene rings is 2. The van der Waals surface area contributed by atoms with Crippen molar-refractivity contribution < 1.29 is 0 Å². The van der Waals surface area contributed by atoms with Gasteiger partial charge in [-0.15, -0.1) is 0 Å². The van der Waals surface area contributed by atoms with Gasteiger partial charge in [-0.3, -0.25) is 0 Å². The molecule has 0 saturated carbocycles. The van der Waals surface area contributed by atoms with Gasteiger partial charge in [0.15, 0.2) is 0 Å². The maximum atomic E-state index is 4.59. The number of nitrogens with zero attached hydrogens (tertiary/aromatic N) is 1. The maximum Gasteiger partial charge on any atom is 0.0739 e. The van der Waals surface area contributed by atoms with Crippen molar-refractivity contribution in [3.8, 4) is 0 Å². The number of isothiocyanates is 1. The Balaban J connectivity index is 1.96. The van der Waals surface area contributed by atoms with Crippen molar-refractivity contribution in [1.29, 1.82) is 0 Å². The number of thiocarbonyl (C=S) groups is 1. The van der Waals surface area contributed by atoms with E-state index in [1.807, 2.05) is 18.2 Å². The van der Waals surface area contributed by atoms with Crippen LogP contribution >= 0.6 is 12.2 Å². The Bertz CT molecular complexity index is 557. The Labute approximate surface area is 119 Å². The van der Waals surface area contributed by atoms with E-state index in [-0.39, 0.29) is 0 Å². The molecule has 1 unspecified atom stereocenters. The monoisotopic (exact) mass is 268 g/mol. The van der Waals surface area contributed by atoms with Crippen molar-refractivity contribution >= 4 is 23.1 Å². The number of hydrogen-bond donors (Lipinski definition) is 1. The van der Waals surface area contributed by atoms with Crippen molar-refractivity contribution in [2.45, 2.75) is 19.5 Å². The molecule has 0 aromatic heterocycles. The second-order valence-electron chi connectivity index (χ2n) is 4.38. The topological polar surface area (TPSA) is 24.4 Å². The summed E-state index contributed by atoms with van der Waals surface area (Å²) in [6, 6.07) is 18.7. The molecule has 2 nitrogen and oxygen atoms in total. The molecule has 3 heteroatoms. The molecular formula is C16H16N2S. The quantitative estimate of drug-likeness (QED) is 0.647. The summed E-state index contributed by atoms with van der Waals surface area (Å²) in [6.07, 6.45) is 0. The van der Waals surface area contributed by atoms with Gasteiger partial charge in [0.1, 0.15) is 0 Å². The van der Waals surface area contributed by atoms with Gasteiger partial charge in [-0.05, 0) is 42.4 Å². The van der Waals surface area contributed by atoms with Crippen LogP contribution in [0, 0.1) is 0 Å². The molecule has 0 amide bonds. The highest BCUT2D eigenvalue weighted by Gasteiger charge is 2.04. The van der Waals surface area contributed by atoms with E-state index < -0.39 is 0 Å². The highest BCUT2D eigenvalue weighted by atomic mass is 32.1. The van der Waals surface area contributed by atoms with E-state index in [2.05, 4.69) is 71.0 Å². The molecule has 0 radical (unpaired) electrons. The molecule has 2 rings (SSSR count). The molecule has 0 aliphatic carbocycles. The van der Waals surface area contributed by atoms with Crippen molar-refractivity contribution in [2.75, 3.05) is 0 Å². The number of nitrogens with one attached hydrogen (secondary N) is 1. The van der Waals surface area contributed by atoms with Crippen LogP contribution in [0.1, 0.15) is 24.1 Å². The molecule has 0 saturated heterocycles. The van der Waals surface area contributed by atoms with Crippen molar-refractivity contribution in [3.05, 3.63) is 65.7 Å². The zero-order chi connectivity index (χ0) is 13.5. The summed E-state index contributed by atoms with van der Waals surface area (Å²) in [5, 5.41) is 5.87. The molecule has 0 aliphatic rings. The fraction of sp³-hybridized carbons (Fsp3) is 0.188. The van der Waals surface area contributed by atoms with E-state index in [4.69, 9.17) is 0 Å². The molecule has 1 N–H and O–H groups in total. The molecule has 0 aliphatic heterocycles. The van der Waals surface area contributed by atoms with Gasteiger partial charge in [-0.2, -0.15) is 4.99 Å². The Morgan fingerprint density at radius 3 is 2.42 bits per heavy atom. The van der Waals surface area contributed by atoms with Crippen LogP contribution in [0.4, 0.5) is 5.69 Å². The lowest BCUT2D eigenvalue weighted by Crippen LogP contribution is -2.17. The third kappa shape index (κ3) is 4.11. The van der Waals surface area contributed by atoms with Gasteiger partial charge in [0.05, 0.1) is 10.8 Å². The summed E-state index contributed by atoms with van der Waals surface area (Å²) in [7, 11) is 0. The molecule has 0 fully saturated rings. The SMILES string of the molecule is CC(NCc1ccccc1)c1ccc(N=C=S)cc1. The zero-order valence-electron chi connectivity index (χ0n) is 10.8. The summed E-state index contributed by atoms with van der Waals surface area (Å²) in [5.41, 5.74) is 3.37. The van der Waals surface area contributed by atoms with Crippen LogP contribution in [0.25, 0.3) is 0 Å². The molecule has 0 heterocycles. The summed E-state index contributed by atoms with van der Waals surface area (Å²) in [5.74, 6) is 0. The van der Waals surface area contributed by atoms with E-state index in [1.54, 1.807) is 0 Å². The lowest BCUT2D eigenvalue weighted by atomic mass is 10.1. The van der Waals surface area contributed by atoms with Crippen LogP contribution in [0.2, 0.25) is 0 Å². The second kappa shape index (κ2) is 6.95. The predicted molar refractivity (Wildman–Crippen MR) is 82.8 cm³/mol. The molecular weight excluding hydrogens is 252 g/mol. The van der Waals surface area contributed by atoms with Crippen molar-refractivity contribution in [2.24, 2.45) is 4.99 Å². The van der Waals surface area contributed by atoms with E-state index >= 15 is 0 Å². The van der Waals surface area contributed by atoms with Gasteiger partial charge in [0, 0.05) is 12.6 Å². The molecule has 19 heavy (non-hydrogen) atoms. The summed E-state index contributed by atoms with van der Waals surface area (Å²) >= 11 is 4.59. The second-order valence-corrected chi connectivity index (χ2v) is 4.57. The highest BCUT2D eigenvalue weighted by molar-refractivity contribution is 7.78. The Morgan fingerprint density at radius 1 is 1.11 bits per heavy atom. The van der Waals surface area contributed by atoms with Crippen LogP contribution in [-0.2, 0) is 6.54 Å². The maximum absolute atomic E-state index is 4.59. The Hall–Kier alpha value is -1.80. The van der Waals surface area contributed by atoms with Gasteiger partial charge < -0.3 is 5.32 Å². The first-order valence-corrected chi connectivity index (χ1v) is 6.65. The van der Waals surface area contributed by atoms with Gasteiger partial charge in [-0.1, -0.05) is 42.5 Å². The molecule has 1 atom stereocenters. The molecule has 0 bridgehead atoms. The summed E-state index contributed by atoms with van der Waals surface area (Å²) in [4.78, 5) is 3.95. The first kappa shape index (κ1) is 13.6. The molecule has 0 spiro atoms. The Morgan fingerprint density at radius 2 is 1.79 bits per heavy atom. The Kier molecular flexibility index (Phi) is 4.99. The average molecular weight is 268 g/mol. The lowest BCUT2D eigenvalue weighted by Gasteiger charge is -2.14. The van der Waals surface area contributed by atoms with E-state index in [1.165, 1.54) is 11.1 Å². The van der Waals surface area contributed by atoms with E-state index in [9.17, 15) is 0 Å². The van der Waals surface area contributed by atoms with Gasteiger partial charge >= 0.3 is 0 Å². The summed E-state index contributed by atoms with van der Waals surface area (Å²) in [6.45, 7) is 3.02.